The zero-order valence-electron chi connectivity index (χ0n) is 10.5. The van der Waals surface area contributed by atoms with Gasteiger partial charge in [0.25, 0.3) is 0 Å². The second-order valence-corrected chi connectivity index (χ2v) is 4.72. The highest BCUT2D eigenvalue weighted by Crippen LogP contribution is 2.23. The van der Waals surface area contributed by atoms with Crippen molar-refractivity contribution in [3.63, 3.8) is 0 Å². The van der Waals surface area contributed by atoms with Gasteiger partial charge in [-0.1, -0.05) is 6.58 Å². The first kappa shape index (κ1) is 11.8. The van der Waals surface area contributed by atoms with Crippen LogP contribution in [0.25, 0.3) is 10.9 Å². The van der Waals surface area contributed by atoms with Crippen molar-refractivity contribution in [3.8, 4) is 0 Å². The number of aliphatic hydroxyl groups excluding tert-OH is 1. The van der Waals surface area contributed by atoms with Crippen LogP contribution in [0.5, 0.6) is 0 Å². The normalized spacial score (nSPS) is 10.9. The Morgan fingerprint density at radius 2 is 2.00 bits per heavy atom. The van der Waals surface area contributed by atoms with E-state index in [0.717, 1.165) is 12.8 Å². The maximum atomic E-state index is 9.07. The lowest BCUT2D eigenvalue weighted by atomic mass is 10.0. The SMILES string of the molecule is C=C(O)CCCc1c[nH]c2cc(C)c(C)cc12. The van der Waals surface area contributed by atoms with Gasteiger partial charge in [-0.2, -0.15) is 0 Å². The molecule has 2 nitrogen and oxygen atoms in total. The summed E-state index contributed by atoms with van der Waals surface area (Å²) >= 11 is 0. The van der Waals surface area contributed by atoms with Crippen molar-refractivity contribution in [1.29, 1.82) is 0 Å². The van der Waals surface area contributed by atoms with Crippen LogP contribution in [0.15, 0.2) is 30.7 Å². The molecule has 0 saturated heterocycles. The molecule has 0 aliphatic heterocycles. The zero-order valence-corrected chi connectivity index (χ0v) is 10.5. The Labute approximate surface area is 102 Å². The molecule has 0 spiro atoms. The highest BCUT2D eigenvalue weighted by Gasteiger charge is 2.05. The maximum Gasteiger partial charge on any atom is 0.0851 e. The smallest absolute Gasteiger partial charge is 0.0851 e. The van der Waals surface area contributed by atoms with Crippen molar-refractivity contribution >= 4 is 10.9 Å². The van der Waals surface area contributed by atoms with Gasteiger partial charge in [0.1, 0.15) is 0 Å². The first-order chi connectivity index (χ1) is 8.08. The molecule has 0 bridgehead atoms. The second-order valence-electron chi connectivity index (χ2n) is 4.72. The van der Waals surface area contributed by atoms with E-state index in [-0.39, 0.29) is 5.76 Å². The van der Waals surface area contributed by atoms with Crippen molar-refractivity contribution < 1.29 is 5.11 Å². The molecular weight excluding hydrogens is 210 g/mol. The van der Waals surface area contributed by atoms with Crippen LogP contribution in [0.3, 0.4) is 0 Å². The number of aromatic amines is 1. The van der Waals surface area contributed by atoms with Crippen molar-refractivity contribution in [2.24, 2.45) is 0 Å². The fourth-order valence-corrected chi connectivity index (χ4v) is 2.13. The maximum absolute atomic E-state index is 9.07. The summed E-state index contributed by atoms with van der Waals surface area (Å²) in [7, 11) is 0. The number of aliphatic hydroxyl groups is 1. The Morgan fingerprint density at radius 1 is 1.29 bits per heavy atom. The van der Waals surface area contributed by atoms with Gasteiger partial charge in [0.05, 0.1) is 5.76 Å². The lowest BCUT2D eigenvalue weighted by Gasteiger charge is -2.02. The molecule has 2 aromatic rings. The average molecular weight is 229 g/mol. The molecule has 1 aromatic heterocycles. The number of fused-ring (bicyclic) bond motifs is 1. The number of rotatable bonds is 4. The molecule has 17 heavy (non-hydrogen) atoms. The van der Waals surface area contributed by atoms with Gasteiger partial charge in [0.15, 0.2) is 0 Å². The van der Waals surface area contributed by atoms with Gasteiger partial charge < -0.3 is 10.1 Å². The molecule has 0 radical (unpaired) electrons. The van der Waals surface area contributed by atoms with E-state index in [2.05, 4.69) is 43.7 Å². The monoisotopic (exact) mass is 229 g/mol. The van der Waals surface area contributed by atoms with Crippen molar-refractivity contribution in [2.45, 2.75) is 33.1 Å². The van der Waals surface area contributed by atoms with E-state index in [1.54, 1.807) is 0 Å². The molecule has 0 unspecified atom stereocenters. The Balaban J connectivity index is 2.23. The number of aromatic nitrogens is 1. The van der Waals surface area contributed by atoms with Crippen LogP contribution in [0.4, 0.5) is 0 Å². The second kappa shape index (κ2) is 4.66. The molecule has 2 rings (SSSR count). The predicted octanol–water partition coefficient (Wildman–Crippen LogP) is 4.18. The van der Waals surface area contributed by atoms with Crippen LogP contribution >= 0.6 is 0 Å². The molecule has 0 amide bonds. The fraction of sp³-hybridized carbons (Fsp3) is 0.333. The Kier molecular flexibility index (Phi) is 3.23. The Hall–Kier alpha value is -1.70. The quantitative estimate of drug-likeness (QED) is 0.758. The molecular formula is C15H19NO. The molecule has 0 aliphatic carbocycles. The molecule has 0 aliphatic rings. The molecule has 2 N–H and O–H groups in total. The van der Waals surface area contributed by atoms with E-state index in [1.807, 2.05) is 0 Å². The minimum Gasteiger partial charge on any atom is -0.513 e. The van der Waals surface area contributed by atoms with E-state index in [0.29, 0.717) is 6.42 Å². The van der Waals surface area contributed by atoms with Gasteiger partial charge >= 0.3 is 0 Å². The van der Waals surface area contributed by atoms with Crippen molar-refractivity contribution in [3.05, 3.63) is 47.4 Å². The van der Waals surface area contributed by atoms with Crippen LogP contribution < -0.4 is 0 Å². The summed E-state index contributed by atoms with van der Waals surface area (Å²) in [6, 6.07) is 4.43. The van der Waals surface area contributed by atoms with Crippen LogP contribution in [0.1, 0.15) is 29.5 Å². The summed E-state index contributed by atoms with van der Waals surface area (Å²) in [5.74, 6) is 0.275. The van der Waals surface area contributed by atoms with Crippen LogP contribution in [-0.2, 0) is 6.42 Å². The molecule has 0 saturated carbocycles. The molecule has 1 heterocycles. The molecule has 90 valence electrons. The molecule has 1 aromatic carbocycles. The third-order valence-corrected chi connectivity index (χ3v) is 3.29. The third-order valence-electron chi connectivity index (χ3n) is 3.29. The van der Waals surface area contributed by atoms with Crippen molar-refractivity contribution in [2.75, 3.05) is 0 Å². The van der Waals surface area contributed by atoms with Crippen LogP contribution in [0, 0.1) is 13.8 Å². The van der Waals surface area contributed by atoms with Gasteiger partial charge in [0, 0.05) is 23.5 Å². The number of hydrogen-bond donors (Lipinski definition) is 2. The number of aryl methyl sites for hydroxylation is 3. The largest absolute Gasteiger partial charge is 0.513 e. The summed E-state index contributed by atoms with van der Waals surface area (Å²) in [5.41, 5.74) is 5.16. The minimum atomic E-state index is 0.275. The third kappa shape index (κ3) is 2.52. The summed E-state index contributed by atoms with van der Waals surface area (Å²) in [5, 5.41) is 10.4. The van der Waals surface area contributed by atoms with E-state index in [4.69, 9.17) is 5.11 Å². The molecule has 0 atom stereocenters. The number of H-pyrrole nitrogens is 1. The van der Waals surface area contributed by atoms with E-state index in [1.165, 1.54) is 27.6 Å². The summed E-state index contributed by atoms with van der Waals surface area (Å²) < 4.78 is 0. The fourth-order valence-electron chi connectivity index (χ4n) is 2.13. The minimum absolute atomic E-state index is 0.275. The van der Waals surface area contributed by atoms with E-state index < -0.39 is 0 Å². The Morgan fingerprint density at radius 3 is 2.71 bits per heavy atom. The average Bonchev–Trinajstić information content (AvgIpc) is 2.62. The highest BCUT2D eigenvalue weighted by atomic mass is 16.3. The van der Waals surface area contributed by atoms with Crippen molar-refractivity contribution in [1.82, 2.24) is 4.98 Å². The van der Waals surface area contributed by atoms with E-state index in [9.17, 15) is 0 Å². The zero-order chi connectivity index (χ0) is 12.4. The van der Waals surface area contributed by atoms with Gasteiger partial charge in [-0.15, -0.1) is 0 Å². The Bertz CT molecular complexity index is 551. The molecule has 0 fully saturated rings. The van der Waals surface area contributed by atoms with E-state index >= 15 is 0 Å². The lowest BCUT2D eigenvalue weighted by Crippen LogP contribution is -1.87. The van der Waals surface area contributed by atoms with Gasteiger partial charge in [-0.05, 0) is 55.5 Å². The topological polar surface area (TPSA) is 36.0 Å². The number of nitrogens with one attached hydrogen (secondary N) is 1. The van der Waals surface area contributed by atoms with Crippen LogP contribution in [0.2, 0.25) is 0 Å². The molecule has 2 heteroatoms. The summed E-state index contributed by atoms with van der Waals surface area (Å²) in [4.78, 5) is 3.31. The first-order valence-corrected chi connectivity index (χ1v) is 6.02. The summed E-state index contributed by atoms with van der Waals surface area (Å²) in [6.45, 7) is 7.78. The first-order valence-electron chi connectivity index (χ1n) is 6.02. The van der Waals surface area contributed by atoms with Gasteiger partial charge in [0.2, 0.25) is 0 Å². The predicted molar refractivity (Wildman–Crippen MR) is 72.5 cm³/mol. The highest BCUT2D eigenvalue weighted by molar-refractivity contribution is 5.84. The lowest BCUT2D eigenvalue weighted by molar-refractivity contribution is 0.387. The standard InChI is InChI=1S/C15H19NO/c1-10-7-14-13(6-4-5-12(3)17)9-16-15(14)8-11(10)2/h7-9,16-17H,3-6H2,1-2H3. The van der Waals surface area contributed by atoms with Gasteiger partial charge in [-0.25, -0.2) is 0 Å². The number of benzene rings is 1. The number of allylic oxidation sites excluding steroid dienone is 1. The summed E-state index contributed by atoms with van der Waals surface area (Å²) in [6.07, 6.45) is 4.67. The van der Waals surface area contributed by atoms with Gasteiger partial charge in [-0.3, -0.25) is 0 Å². The van der Waals surface area contributed by atoms with Crippen LogP contribution in [-0.4, -0.2) is 10.1 Å². The number of hydrogen-bond acceptors (Lipinski definition) is 1.